The van der Waals surface area contributed by atoms with E-state index in [0.29, 0.717) is 22.5 Å². The molecule has 0 bridgehead atoms. The van der Waals surface area contributed by atoms with Crippen LogP contribution in [0.5, 0.6) is 5.75 Å². The molecule has 1 aliphatic heterocycles. The monoisotopic (exact) mass is 448 g/mol. The number of methoxy groups -OCH3 is 1. The Balaban J connectivity index is 1.28. The Labute approximate surface area is 193 Å². The highest BCUT2D eigenvalue weighted by molar-refractivity contribution is 7.99. The van der Waals surface area contributed by atoms with Gasteiger partial charge in [-0.2, -0.15) is 0 Å². The Morgan fingerprint density at radius 1 is 1.09 bits per heavy atom. The van der Waals surface area contributed by atoms with Crippen molar-refractivity contribution in [2.45, 2.75) is 24.4 Å². The minimum absolute atomic E-state index is 0.116. The third-order valence-electron chi connectivity index (χ3n) is 5.64. The highest BCUT2D eigenvalue weighted by atomic mass is 32.2. The lowest BCUT2D eigenvalue weighted by molar-refractivity contribution is -0.113. The zero-order valence-corrected chi connectivity index (χ0v) is 19.1. The molecule has 6 nitrogen and oxygen atoms in total. The molecule has 7 heteroatoms. The Morgan fingerprint density at radius 2 is 1.84 bits per heavy atom. The van der Waals surface area contributed by atoms with E-state index in [4.69, 9.17) is 9.72 Å². The topological polar surface area (TPSA) is 67.3 Å². The number of amides is 1. The molecule has 1 fully saturated rings. The maximum Gasteiger partial charge on any atom is 0.234 e. The molecule has 0 spiro atoms. The summed E-state index contributed by atoms with van der Waals surface area (Å²) in [7, 11) is 1.59. The number of piperidine rings is 1. The van der Waals surface area contributed by atoms with Crippen LogP contribution in [0.4, 0.5) is 11.5 Å². The summed E-state index contributed by atoms with van der Waals surface area (Å²) in [6.45, 7) is 1.99. The van der Waals surface area contributed by atoms with Gasteiger partial charge in [-0.1, -0.05) is 54.2 Å². The number of rotatable bonds is 8. The maximum atomic E-state index is 12.4. The molecular formula is C25H28N4O2S. The molecule has 0 saturated carbocycles. The first-order chi connectivity index (χ1) is 15.7. The first-order valence-electron chi connectivity index (χ1n) is 10.9. The summed E-state index contributed by atoms with van der Waals surface area (Å²) in [4.78, 5) is 23.7. The Bertz CT molecular complexity index is 1020. The van der Waals surface area contributed by atoms with E-state index >= 15 is 0 Å². The fraction of sp³-hybridized carbons (Fsp3) is 0.320. The molecule has 1 N–H and O–H groups in total. The fourth-order valence-electron chi connectivity index (χ4n) is 3.96. The molecule has 3 aromatic rings. The first kappa shape index (κ1) is 22.1. The minimum atomic E-state index is -0.116. The van der Waals surface area contributed by atoms with Gasteiger partial charge in [0.25, 0.3) is 0 Å². The van der Waals surface area contributed by atoms with Crippen LogP contribution >= 0.6 is 11.8 Å². The van der Waals surface area contributed by atoms with Crippen LogP contribution < -0.4 is 15.0 Å². The van der Waals surface area contributed by atoms with Crippen LogP contribution in [0, 0.1) is 5.92 Å². The first-order valence-corrected chi connectivity index (χ1v) is 11.9. The maximum absolute atomic E-state index is 12.4. The number of thioether (sulfide) groups is 1. The van der Waals surface area contributed by atoms with Crippen LogP contribution in [-0.4, -0.2) is 41.8 Å². The van der Waals surface area contributed by atoms with Gasteiger partial charge in [-0.25, -0.2) is 9.97 Å². The number of benzene rings is 2. The van der Waals surface area contributed by atoms with Gasteiger partial charge in [-0.3, -0.25) is 4.79 Å². The van der Waals surface area contributed by atoms with E-state index in [9.17, 15) is 4.79 Å². The van der Waals surface area contributed by atoms with E-state index in [-0.39, 0.29) is 11.7 Å². The van der Waals surface area contributed by atoms with Gasteiger partial charge in [0.05, 0.1) is 18.6 Å². The smallest absolute Gasteiger partial charge is 0.234 e. The Morgan fingerprint density at radius 3 is 2.62 bits per heavy atom. The summed E-state index contributed by atoms with van der Waals surface area (Å²) in [6, 6.07) is 20.0. The third kappa shape index (κ3) is 6.01. The Hall–Kier alpha value is -3.06. The number of ether oxygens (including phenoxy) is 1. The molecule has 2 aromatic carbocycles. The SMILES string of the molecule is COc1ccccc1NC(=O)CSc1nccc(N2CCC(Cc3ccccc3)CC2)n1. The zero-order chi connectivity index (χ0) is 22.2. The molecule has 0 aliphatic carbocycles. The van der Waals surface area contributed by atoms with Gasteiger partial charge in [0.15, 0.2) is 5.16 Å². The number of carbonyl (C=O) groups excluding carboxylic acids is 1. The van der Waals surface area contributed by atoms with Gasteiger partial charge in [-0.05, 0) is 48.9 Å². The summed E-state index contributed by atoms with van der Waals surface area (Å²) in [6.07, 6.45) is 5.23. The average molecular weight is 449 g/mol. The van der Waals surface area contributed by atoms with Crippen molar-refractivity contribution in [1.29, 1.82) is 0 Å². The van der Waals surface area contributed by atoms with E-state index in [1.807, 2.05) is 30.3 Å². The molecule has 32 heavy (non-hydrogen) atoms. The van der Waals surface area contributed by atoms with Crippen LogP contribution in [0.1, 0.15) is 18.4 Å². The van der Waals surface area contributed by atoms with Crippen molar-refractivity contribution in [3.05, 3.63) is 72.4 Å². The summed E-state index contributed by atoms with van der Waals surface area (Å²) in [5, 5.41) is 3.50. The van der Waals surface area contributed by atoms with Gasteiger partial charge in [0, 0.05) is 19.3 Å². The number of hydrogen-bond donors (Lipinski definition) is 1. The molecule has 1 amide bonds. The van der Waals surface area contributed by atoms with Crippen LogP contribution in [0.3, 0.4) is 0 Å². The molecule has 0 atom stereocenters. The number of para-hydroxylation sites is 2. The lowest BCUT2D eigenvalue weighted by atomic mass is 9.90. The molecule has 4 rings (SSSR count). The lowest BCUT2D eigenvalue weighted by Crippen LogP contribution is -2.35. The number of nitrogens with one attached hydrogen (secondary N) is 1. The molecule has 1 aliphatic rings. The van der Waals surface area contributed by atoms with E-state index < -0.39 is 0 Å². The standard InChI is InChI=1S/C25H28N4O2S/c1-31-22-10-6-5-9-21(22)27-24(30)18-32-25-26-14-11-23(28-25)29-15-12-20(13-16-29)17-19-7-3-2-4-8-19/h2-11,14,20H,12-13,15-18H2,1H3,(H,27,30). The van der Waals surface area contributed by atoms with Crippen molar-refractivity contribution in [3.8, 4) is 5.75 Å². The Kier molecular flexibility index (Phi) is 7.61. The molecule has 166 valence electrons. The normalized spacial score (nSPS) is 14.2. The minimum Gasteiger partial charge on any atom is -0.495 e. The number of nitrogens with zero attached hydrogens (tertiary/aromatic N) is 3. The van der Waals surface area contributed by atoms with Crippen molar-refractivity contribution in [3.63, 3.8) is 0 Å². The fourth-order valence-corrected chi connectivity index (χ4v) is 4.58. The van der Waals surface area contributed by atoms with E-state index in [1.165, 1.54) is 17.3 Å². The average Bonchev–Trinajstić information content (AvgIpc) is 2.84. The van der Waals surface area contributed by atoms with Crippen LogP contribution in [0.25, 0.3) is 0 Å². The van der Waals surface area contributed by atoms with Gasteiger partial charge >= 0.3 is 0 Å². The quantitative estimate of drug-likeness (QED) is 0.399. The lowest BCUT2D eigenvalue weighted by Gasteiger charge is -2.33. The summed E-state index contributed by atoms with van der Waals surface area (Å²) in [5.74, 6) is 2.41. The van der Waals surface area contributed by atoms with Crippen molar-refractivity contribution < 1.29 is 9.53 Å². The molecular weight excluding hydrogens is 420 g/mol. The summed E-state index contributed by atoms with van der Waals surface area (Å²) < 4.78 is 5.28. The molecule has 1 aromatic heterocycles. The van der Waals surface area contributed by atoms with E-state index in [1.54, 1.807) is 13.3 Å². The van der Waals surface area contributed by atoms with Crippen LogP contribution in [0.2, 0.25) is 0 Å². The summed E-state index contributed by atoms with van der Waals surface area (Å²) in [5.41, 5.74) is 2.08. The number of aromatic nitrogens is 2. The highest BCUT2D eigenvalue weighted by Crippen LogP contribution is 2.26. The predicted molar refractivity (Wildman–Crippen MR) is 129 cm³/mol. The summed E-state index contributed by atoms with van der Waals surface area (Å²) >= 11 is 1.34. The molecule has 0 unspecified atom stereocenters. The number of carbonyl (C=O) groups is 1. The molecule has 1 saturated heterocycles. The van der Waals surface area contributed by atoms with E-state index in [0.717, 1.165) is 38.2 Å². The molecule has 0 radical (unpaired) electrons. The highest BCUT2D eigenvalue weighted by Gasteiger charge is 2.21. The van der Waals surface area contributed by atoms with Gasteiger partial charge < -0.3 is 15.0 Å². The van der Waals surface area contributed by atoms with Gasteiger partial charge in [0.2, 0.25) is 5.91 Å². The molecule has 2 heterocycles. The van der Waals surface area contributed by atoms with E-state index in [2.05, 4.69) is 45.5 Å². The third-order valence-corrected chi connectivity index (χ3v) is 6.50. The van der Waals surface area contributed by atoms with Crippen molar-refractivity contribution in [1.82, 2.24) is 9.97 Å². The van der Waals surface area contributed by atoms with Crippen LogP contribution in [-0.2, 0) is 11.2 Å². The van der Waals surface area contributed by atoms with Crippen LogP contribution in [0.15, 0.2) is 72.0 Å². The van der Waals surface area contributed by atoms with Gasteiger partial charge in [0.1, 0.15) is 11.6 Å². The number of hydrogen-bond acceptors (Lipinski definition) is 6. The zero-order valence-electron chi connectivity index (χ0n) is 18.2. The van der Waals surface area contributed by atoms with Crippen molar-refractivity contribution in [2.24, 2.45) is 5.92 Å². The van der Waals surface area contributed by atoms with Gasteiger partial charge in [-0.15, -0.1) is 0 Å². The second-order valence-corrected chi connectivity index (χ2v) is 8.80. The van der Waals surface area contributed by atoms with Crippen molar-refractivity contribution in [2.75, 3.05) is 36.2 Å². The number of anilines is 2. The second kappa shape index (κ2) is 11.0. The largest absolute Gasteiger partial charge is 0.495 e. The predicted octanol–water partition coefficient (Wildman–Crippen LogP) is 4.68. The van der Waals surface area contributed by atoms with Crippen molar-refractivity contribution >= 4 is 29.2 Å². The second-order valence-electron chi connectivity index (χ2n) is 7.85.